The molecule has 0 spiro atoms. The van der Waals surface area contributed by atoms with E-state index in [0.717, 1.165) is 12.2 Å². The number of carboxylic acid groups (broad SMARTS) is 1. The van der Waals surface area contributed by atoms with Crippen LogP contribution in [-0.2, 0) is 11.2 Å². The van der Waals surface area contributed by atoms with Crippen LogP contribution < -0.4 is 5.56 Å². The highest BCUT2D eigenvalue weighted by Crippen LogP contribution is 2.57. The molecule has 1 heterocycles. The molecule has 0 saturated heterocycles. The second-order valence-electron chi connectivity index (χ2n) is 5.65. The fourth-order valence-corrected chi connectivity index (χ4v) is 2.26. The van der Waals surface area contributed by atoms with Crippen LogP contribution in [0.15, 0.2) is 4.79 Å². The van der Waals surface area contributed by atoms with Gasteiger partial charge in [-0.15, -0.1) is 0 Å². The molecule has 0 bridgehead atoms. The Hall–Kier alpha value is -1.65. The van der Waals surface area contributed by atoms with E-state index in [1.807, 2.05) is 0 Å². The number of nitrogens with one attached hydrogen (secondary N) is 1. The van der Waals surface area contributed by atoms with Gasteiger partial charge in [-0.05, 0) is 25.2 Å². The summed E-state index contributed by atoms with van der Waals surface area (Å²) in [6.45, 7) is 6.06. The first kappa shape index (κ1) is 12.8. The monoisotopic (exact) mass is 250 g/mol. The normalized spacial score (nSPS) is 20.7. The minimum atomic E-state index is -0.902. The fraction of sp³-hybridized carbons (Fsp3) is 0.615. The van der Waals surface area contributed by atoms with Gasteiger partial charge in [0.1, 0.15) is 5.82 Å². The van der Waals surface area contributed by atoms with Gasteiger partial charge in [-0.1, -0.05) is 13.8 Å². The van der Waals surface area contributed by atoms with Crippen LogP contribution in [0.2, 0.25) is 0 Å². The molecule has 2 rings (SSSR count). The molecule has 1 aromatic heterocycles. The van der Waals surface area contributed by atoms with E-state index < -0.39 is 5.97 Å². The Morgan fingerprint density at radius 3 is 2.61 bits per heavy atom. The van der Waals surface area contributed by atoms with Gasteiger partial charge in [0.2, 0.25) is 0 Å². The zero-order valence-electron chi connectivity index (χ0n) is 10.9. The van der Waals surface area contributed by atoms with Crippen molar-refractivity contribution < 1.29 is 9.90 Å². The zero-order chi connectivity index (χ0) is 13.5. The Morgan fingerprint density at radius 1 is 1.56 bits per heavy atom. The lowest BCUT2D eigenvalue weighted by Gasteiger charge is -2.07. The smallest absolute Gasteiger partial charge is 0.303 e. The molecule has 1 saturated carbocycles. The summed E-state index contributed by atoms with van der Waals surface area (Å²) in [4.78, 5) is 29.7. The molecule has 0 aliphatic heterocycles. The average Bonchev–Trinajstić information content (AvgIpc) is 2.86. The molecular formula is C13H18N2O3. The van der Waals surface area contributed by atoms with Gasteiger partial charge in [-0.25, -0.2) is 4.98 Å². The molecule has 0 amide bonds. The summed E-state index contributed by atoms with van der Waals surface area (Å²) in [5, 5.41) is 8.65. The van der Waals surface area contributed by atoms with Crippen molar-refractivity contribution in [2.75, 3.05) is 0 Å². The highest BCUT2D eigenvalue weighted by Gasteiger charge is 2.48. The SMILES string of the molecule is Cc1nc(C2CC2(C)C)[nH]c(=O)c1CCC(=O)O. The van der Waals surface area contributed by atoms with Gasteiger partial charge in [0.05, 0.1) is 0 Å². The number of hydrogen-bond donors (Lipinski definition) is 2. The number of aromatic nitrogens is 2. The summed E-state index contributed by atoms with van der Waals surface area (Å²) >= 11 is 0. The maximum Gasteiger partial charge on any atom is 0.303 e. The molecule has 2 N–H and O–H groups in total. The predicted molar refractivity (Wildman–Crippen MR) is 66.7 cm³/mol. The highest BCUT2D eigenvalue weighted by molar-refractivity contribution is 5.67. The molecule has 0 radical (unpaired) electrons. The summed E-state index contributed by atoms with van der Waals surface area (Å²) in [6, 6.07) is 0. The van der Waals surface area contributed by atoms with Gasteiger partial charge in [0, 0.05) is 23.6 Å². The minimum Gasteiger partial charge on any atom is -0.481 e. The summed E-state index contributed by atoms with van der Waals surface area (Å²) in [5.74, 6) is 0.153. The van der Waals surface area contributed by atoms with Crippen LogP contribution in [0.4, 0.5) is 0 Å². The molecule has 1 aliphatic carbocycles. The van der Waals surface area contributed by atoms with E-state index in [1.54, 1.807) is 6.92 Å². The van der Waals surface area contributed by atoms with Gasteiger partial charge in [0.25, 0.3) is 5.56 Å². The van der Waals surface area contributed by atoms with E-state index in [1.165, 1.54) is 0 Å². The number of aliphatic carboxylic acids is 1. The molecule has 98 valence electrons. The molecule has 5 heteroatoms. The van der Waals surface area contributed by atoms with Crippen molar-refractivity contribution in [3.8, 4) is 0 Å². The number of carbonyl (C=O) groups is 1. The summed E-state index contributed by atoms with van der Waals surface area (Å²) in [6.07, 6.45) is 1.22. The largest absolute Gasteiger partial charge is 0.481 e. The fourth-order valence-electron chi connectivity index (χ4n) is 2.26. The van der Waals surface area contributed by atoms with Gasteiger partial charge < -0.3 is 10.1 Å². The number of aromatic amines is 1. The van der Waals surface area contributed by atoms with Crippen LogP contribution >= 0.6 is 0 Å². The standard InChI is InChI=1S/C13H18N2O3/c1-7-8(4-5-10(16)17)12(18)15-11(14-7)9-6-13(9,2)3/h9H,4-6H2,1-3H3,(H,16,17)(H,14,15,18). The van der Waals surface area contributed by atoms with Gasteiger partial charge in [0.15, 0.2) is 0 Å². The first-order valence-corrected chi connectivity index (χ1v) is 6.13. The summed E-state index contributed by atoms with van der Waals surface area (Å²) in [5.41, 5.74) is 1.16. The Balaban J connectivity index is 2.25. The summed E-state index contributed by atoms with van der Waals surface area (Å²) < 4.78 is 0. The number of hydrogen-bond acceptors (Lipinski definition) is 3. The lowest BCUT2D eigenvalue weighted by Crippen LogP contribution is -2.20. The molecule has 18 heavy (non-hydrogen) atoms. The Morgan fingerprint density at radius 2 is 2.17 bits per heavy atom. The van der Waals surface area contributed by atoms with Crippen LogP contribution in [0, 0.1) is 12.3 Å². The van der Waals surface area contributed by atoms with E-state index in [2.05, 4.69) is 23.8 Å². The molecule has 1 aliphatic rings. The number of H-pyrrole nitrogens is 1. The van der Waals surface area contributed by atoms with Gasteiger partial charge in [-0.2, -0.15) is 0 Å². The van der Waals surface area contributed by atoms with Crippen molar-refractivity contribution >= 4 is 5.97 Å². The minimum absolute atomic E-state index is 0.0418. The predicted octanol–water partition coefficient (Wildman–Crippen LogP) is 1.61. The number of nitrogens with zero attached hydrogens (tertiary/aromatic N) is 1. The second-order valence-corrected chi connectivity index (χ2v) is 5.65. The maximum atomic E-state index is 11.9. The zero-order valence-corrected chi connectivity index (χ0v) is 10.9. The molecule has 1 aromatic rings. The van der Waals surface area contributed by atoms with Crippen molar-refractivity contribution in [2.24, 2.45) is 5.41 Å². The molecule has 1 fully saturated rings. The first-order chi connectivity index (χ1) is 8.31. The first-order valence-electron chi connectivity index (χ1n) is 6.13. The molecule has 5 nitrogen and oxygen atoms in total. The number of carboxylic acids is 1. The molecular weight excluding hydrogens is 232 g/mol. The lowest BCUT2D eigenvalue weighted by atomic mass is 10.1. The van der Waals surface area contributed by atoms with Crippen molar-refractivity contribution in [1.29, 1.82) is 0 Å². The van der Waals surface area contributed by atoms with Crippen molar-refractivity contribution in [1.82, 2.24) is 9.97 Å². The Kier molecular flexibility index (Phi) is 3.00. The van der Waals surface area contributed by atoms with Crippen LogP contribution in [-0.4, -0.2) is 21.0 Å². The highest BCUT2D eigenvalue weighted by atomic mass is 16.4. The van der Waals surface area contributed by atoms with E-state index in [-0.39, 0.29) is 23.8 Å². The Labute approximate surface area is 105 Å². The summed E-state index contributed by atoms with van der Waals surface area (Å²) in [7, 11) is 0. The third kappa shape index (κ3) is 2.44. The number of rotatable bonds is 4. The van der Waals surface area contributed by atoms with E-state index in [4.69, 9.17) is 5.11 Å². The van der Waals surface area contributed by atoms with E-state index >= 15 is 0 Å². The third-order valence-corrected chi connectivity index (χ3v) is 3.67. The van der Waals surface area contributed by atoms with Crippen LogP contribution in [0.25, 0.3) is 0 Å². The van der Waals surface area contributed by atoms with Gasteiger partial charge >= 0.3 is 5.97 Å². The van der Waals surface area contributed by atoms with Crippen LogP contribution in [0.3, 0.4) is 0 Å². The van der Waals surface area contributed by atoms with Crippen LogP contribution in [0.5, 0.6) is 0 Å². The molecule has 1 unspecified atom stereocenters. The quantitative estimate of drug-likeness (QED) is 0.850. The van der Waals surface area contributed by atoms with Gasteiger partial charge in [-0.3, -0.25) is 9.59 Å². The van der Waals surface area contributed by atoms with E-state index in [9.17, 15) is 9.59 Å². The average molecular weight is 250 g/mol. The lowest BCUT2D eigenvalue weighted by molar-refractivity contribution is -0.136. The molecule has 0 aromatic carbocycles. The third-order valence-electron chi connectivity index (χ3n) is 3.67. The van der Waals surface area contributed by atoms with Crippen molar-refractivity contribution in [3.63, 3.8) is 0 Å². The topological polar surface area (TPSA) is 83.0 Å². The van der Waals surface area contributed by atoms with Crippen molar-refractivity contribution in [3.05, 3.63) is 27.4 Å². The Bertz CT molecular complexity index is 546. The van der Waals surface area contributed by atoms with Crippen LogP contribution in [0.1, 0.15) is 49.7 Å². The maximum absolute atomic E-state index is 11.9. The second kappa shape index (κ2) is 4.23. The number of aryl methyl sites for hydroxylation is 1. The molecule has 1 atom stereocenters. The van der Waals surface area contributed by atoms with E-state index in [0.29, 0.717) is 17.2 Å². The van der Waals surface area contributed by atoms with Crippen molar-refractivity contribution in [2.45, 2.75) is 46.0 Å².